The van der Waals surface area contributed by atoms with Crippen molar-refractivity contribution < 1.29 is 4.79 Å². The van der Waals surface area contributed by atoms with Crippen LogP contribution in [0.2, 0.25) is 0 Å². The average molecular weight is 214 g/mol. The topological polar surface area (TPSA) is 41.1 Å². The Morgan fingerprint density at radius 3 is 2.40 bits per heavy atom. The zero-order valence-electron chi connectivity index (χ0n) is 10.6. The Kier molecular flexibility index (Phi) is 8.38. The van der Waals surface area contributed by atoms with Crippen LogP contribution in [-0.4, -0.2) is 24.5 Å². The van der Waals surface area contributed by atoms with Crippen molar-refractivity contribution in [2.45, 2.75) is 65.5 Å². The van der Waals surface area contributed by atoms with Crippen LogP contribution in [0.25, 0.3) is 0 Å². The Morgan fingerprint density at radius 2 is 1.93 bits per heavy atom. The Bertz CT molecular complexity index is 171. The average Bonchev–Trinajstić information content (AvgIpc) is 2.17. The molecule has 0 aliphatic rings. The fraction of sp³-hybridized carbons (Fsp3) is 0.917. The molecule has 0 fully saturated rings. The Morgan fingerprint density at radius 1 is 1.27 bits per heavy atom. The van der Waals surface area contributed by atoms with E-state index >= 15 is 0 Å². The maximum atomic E-state index is 11.6. The summed E-state index contributed by atoms with van der Waals surface area (Å²) >= 11 is 0. The highest BCUT2D eigenvalue weighted by molar-refractivity contribution is 5.76. The molecule has 1 amide bonds. The van der Waals surface area contributed by atoms with E-state index in [-0.39, 0.29) is 11.9 Å². The molecule has 0 aromatic heterocycles. The molecule has 0 aromatic rings. The van der Waals surface area contributed by atoms with Gasteiger partial charge in [0.05, 0.1) is 0 Å². The monoisotopic (exact) mass is 214 g/mol. The van der Waals surface area contributed by atoms with E-state index in [1.165, 1.54) is 0 Å². The van der Waals surface area contributed by atoms with E-state index in [1.807, 2.05) is 6.92 Å². The molecule has 2 unspecified atom stereocenters. The lowest BCUT2D eigenvalue weighted by Crippen LogP contribution is -2.38. The summed E-state index contributed by atoms with van der Waals surface area (Å²) in [5.74, 6) is 0.170. The van der Waals surface area contributed by atoms with Gasteiger partial charge in [-0.3, -0.25) is 4.79 Å². The number of nitrogens with one attached hydrogen (secondary N) is 2. The van der Waals surface area contributed by atoms with Gasteiger partial charge in [0.15, 0.2) is 0 Å². The molecule has 2 atom stereocenters. The predicted molar refractivity (Wildman–Crippen MR) is 64.9 cm³/mol. The van der Waals surface area contributed by atoms with Crippen molar-refractivity contribution in [2.75, 3.05) is 6.54 Å². The quantitative estimate of drug-likeness (QED) is 0.649. The first-order valence-electron chi connectivity index (χ1n) is 6.16. The Labute approximate surface area is 94.0 Å². The molecule has 90 valence electrons. The summed E-state index contributed by atoms with van der Waals surface area (Å²) in [5.41, 5.74) is 0. The highest BCUT2D eigenvalue weighted by Gasteiger charge is 2.11. The SMILES string of the molecule is CCCC(CC)NC(=O)CC(C)NCC. The van der Waals surface area contributed by atoms with Gasteiger partial charge in [-0.1, -0.05) is 27.2 Å². The van der Waals surface area contributed by atoms with Gasteiger partial charge in [-0.25, -0.2) is 0 Å². The maximum absolute atomic E-state index is 11.6. The normalized spacial score (nSPS) is 14.7. The van der Waals surface area contributed by atoms with E-state index in [4.69, 9.17) is 0 Å². The summed E-state index contributed by atoms with van der Waals surface area (Å²) in [5, 5.41) is 6.32. The molecule has 0 heterocycles. The minimum atomic E-state index is 0.170. The third-order valence-electron chi connectivity index (χ3n) is 2.54. The van der Waals surface area contributed by atoms with E-state index in [0.29, 0.717) is 12.5 Å². The molecule has 0 rings (SSSR count). The molecule has 15 heavy (non-hydrogen) atoms. The minimum Gasteiger partial charge on any atom is -0.353 e. The highest BCUT2D eigenvalue weighted by atomic mass is 16.1. The Hall–Kier alpha value is -0.570. The predicted octanol–water partition coefficient (Wildman–Crippen LogP) is 2.07. The fourth-order valence-electron chi connectivity index (χ4n) is 1.71. The first kappa shape index (κ1) is 14.4. The van der Waals surface area contributed by atoms with E-state index in [1.54, 1.807) is 0 Å². The summed E-state index contributed by atoms with van der Waals surface area (Å²) < 4.78 is 0. The van der Waals surface area contributed by atoms with Gasteiger partial charge in [-0.15, -0.1) is 0 Å². The standard InChI is InChI=1S/C12H26N2O/c1-5-8-11(6-2)14-12(15)9-10(4)13-7-3/h10-11,13H,5-9H2,1-4H3,(H,14,15). The molecule has 0 spiro atoms. The molecular weight excluding hydrogens is 188 g/mol. The van der Waals surface area contributed by atoms with Crippen LogP contribution in [0.15, 0.2) is 0 Å². The van der Waals surface area contributed by atoms with Crippen LogP contribution in [-0.2, 0) is 4.79 Å². The van der Waals surface area contributed by atoms with Gasteiger partial charge in [-0.2, -0.15) is 0 Å². The molecular formula is C12H26N2O. The van der Waals surface area contributed by atoms with Crippen molar-refractivity contribution in [3.05, 3.63) is 0 Å². The summed E-state index contributed by atoms with van der Waals surface area (Å²) in [6.45, 7) is 9.29. The van der Waals surface area contributed by atoms with Crippen molar-refractivity contribution in [1.29, 1.82) is 0 Å². The first-order valence-corrected chi connectivity index (χ1v) is 6.16. The number of amides is 1. The smallest absolute Gasteiger partial charge is 0.221 e. The van der Waals surface area contributed by atoms with Gasteiger partial charge in [0.25, 0.3) is 0 Å². The zero-order valence-corrected chi connectivity index (χ0v) is 10.6. The molecule has 0 aliphatic heterocycles. The van der Waals surface area contributed by atoms with Gasteiger partial charge < -0.3 is 10.6 Å². The minimum absolute atomic E-state index is 0.170. The van der Waals surface area contributed by atoms with Gasteiger partial charge in [0.2, 0.25) is 5.91 Å². The van der Waals surface area contributed by atoms with E-state index in [0.717, 1.165) is 25.8 Å². The van der Waals surface area contributed by atoms with Gasteiger partial charge >= 0.3 is 0 Å². The molecule has 0 aliphatic carbocycles. The Balaban J connectivity index is 3.79. The highest BCUT2D eigenvalue weighted by Crippen LogP contribution is 2.02. The molecule has 3 heteroatoms. The van der Waals surface area contributed by atoms with Crippen molar-refractivity contribution in [2.24, 2.45) is 0 Å². The summed E-state index contributed by atoms with van der Waals surface area (Å²) in [6.07, 6.45) is 3.81. The first-order chi connectivity index (χ1) is 7.13. The molecule has 0 radical (unpaired) electrons. The summed E-state index contributed by atoms with van der Waals surface area (Å²) in [7, 11) is 0. The second-order valence-electron chi connectivity index (χ2n) is 4.12. The lowest BCUT2D eigenvalue weighted by Gasteiger charge is -2.18. The second kappa shape index (κ2) is 8.72. The second-order valence-corrected chi connectivity index (χ2v) is 4.12. The number of carbonyl (C=O) groups excluding carboxylic acids is 1. The van der Waals surface area contributed by atoms with Crippen LogP contribution in [0.1, 0.15) is 53.4 Å². The molecule has 0 saturated carbocycles. The van der Waals surface area contributed by atoms with Crippen LogP contribution >= 0.6 is 0 Å². The number of rotatable bonds is 8. The number of carbonyl (C=O) groups is 1. The number of hydrogen-bond donors (Lipinski definition) is 2. The van der Waals surface area contributed by atoms with Gasteiger partial charge in [0.1, 0.15) is 0 Å². The van der Waals surface area contributed by atoms with Crippen molar-refractivity contribution in [3.8, 4) is 0 Å². The van der Waals surface area contributed by atoms with Crippen LogP contribution in [0.4, 0.5) is 0 Å². The third-order valence-corrected chi connectivity index (χ3v) is 2.54. The van der Waals surface area contributed by atoms with Gasteiger partial charge in [-0.05, 0) is 26.3 Å². The van der Waals surface area contributed by atoms with Crippen LogP contribution < -0.4 is 10.6 Å². The van der Waals surface area contributed by atoms with Crippen LogP contribution in [0, 0.1) is 0 Å². The fourth-order valence-corrected chi connectivity index (χ4v) is 1.71. The third kappa shape index (κ3) is 7.37. The molecule has 0 saturated heterocycles. The van der Waals surface area contributed by atoms with Crippen molar-refractivity contribution >= 4 is 5.91 Å². The van der Waals surface area contributed by atoms with Crippen LogP contribution in [0.3, 0.4) is 0 Å². The summed E-state index contributed by atoms with van der Waals surface area (Å²) in [4.78, 5) is 11.6. The lowest BCUT2D eigenvalue weighted by atomic mass is 10.1. The zero-order chi connectivity index (χ0) is 11.7. The largest absolute Gasteiger partial charge is 0.353 e. The van der Waals surface area contributed by atoms with E-state index in [2.05, 4.69) is 31.4 Å². The lowest BCUT2D eigenvalue weighted by molar-refractivity contribution is -0.122. The van der Waals surface area contributed by atoms with Crippen LogP contribution in [0.5, 0.6) is 0 Å². The maximum Gasteiger partial charge on any atom is 0.221 e. The van der Waals surface area contributed by atoms with E-state index in [9.17, 15) is 4.79 Å². The van der Waals surface area contributed by atoms with Crippen molar-refractivity contribution in [1.82, 2.24) is 10.6 Å². The molecule has 2 N–H and O–H groups in total. The summed E-state index contributed by atoms with van der Waals surface area (Å²) in [6, 6.07) is 0.630. The van der Waals surface area contributed by atoms with E-state index < -0.39 is 0 Å². The van der Waals surface area contributed by atoms with Gasteiger partial charge in [0, 0.05) is 18.5 Å². The van der Waals surface area contributed by atoms with Crippen molar-refractivity contribution in [3.63, 3.8) is 0 Å². The molecule has 0 bridgehead atoms. The number of hydrogen-bond acceptors (Lipinski definition) is 2. The molecule has 3 nitrogen and oxygen atoms in total. The molecule has 0 aromatic carbocycles.